The van der Waals surface area contributed by atoms with E-state index in [1.165, 1.54) is 6.08 Å². The predicted octanol–water partition coefficient (Wildman–Crippen LogP) is 3.56. The summed E-state index contributed by atoms with van der Waals surface area (Å²) in [4.78, 5) is 0. The van der Waals surface area contributed by atoms with Crippen LogP contribution in [0.4, 0.5) is 12.9 Å². The summed E-state index contributed by atoms with van der Waals surface area (Å²) in [6, 6.07) is 9.47. The number of benzene rings is 1. The summed E-state index contributed by atoms with van der Waals surface area (Å²) in [7, 11) is 0. The molecule has 14 heavy (non-hydrogen) atoms. The Kier molecular flexibility index (Phi) is 3.80. The van der Waals surface area contributed by atoms with Gasteiger partial charge in [0.25, 0.3) is 0 Å². The second kappa shape index (κ2) is 4.89. The van der Waals surface area contributed by atoms with Crippen LogP contribution in [0, 0.1) is 0 Å². The first-order chi connectivity index (χ1) is 6.58. The molecule has 1 rings (SSSR count). The topological polar surface area (TPSA) is 0 Å². The summed E-state index contributed by atoms with van der Waals surface area (Å²) in [6.07, 6.45) is 2.28. The largest absolute Gasteiger partial charge is 0.502 e. The van der Waals surface area contributed by atoms with E-state index in [4.69, 9.17) is 0 Å². The normalized spacial score (nSPS) is 12.2. The maximum absolute atomic E-state index is 11.8. The van der Waals surface area contributed by atoms with Crippen LogP contribution in [0.1, 0.15) is 12.0 Å². The average Bonchev–Trinajstić information content (AvgIpc) is 2.13. The van der Waals surface area contributed by atoms with Gasteiger partial charge in [-0.3, -0.25) is 0 Å². The highest BCUT2D eigenvalue weighted by atomic mass is 19.4. The lowest BCUT2D eigenvalue weighted by Crippen LogP contribution is -2.09. The third-order valence-electron chi connectivity index (χ3n) is 1.80. The van der Waals surface area contributed by atoms with Gasteiger partial charge in [0.1, 0.15) is 0 Å². The number of halogens is 3. The van der Waals surface area contributed by atoms with E-state index in [-0.39, 0.29) is 0 Å². The van der Waals surface area contributed by atoms with Crippen molar-refractivity contribution >= 4 is 6.98 Å². The zero-order valence-corrected chi connectivity index (χ0v) is 7.67. The molecule has 0 bridgehead atoms. The maximum Gasteiger partial charge on any atom is 0.502 e. The van der Waals surface area contributed by atoms with E-state index in [2.05, 4.69) is 0 Å². The summed E-state index contributed by atoms with van der Waals surface area (Å²) >= 11 is 0. The molecule has 4 heteroatoms. The van der Waals surface area contributed by atoms with Gasteiger partial charge in [-0.1, -0.05) is 30.3 Å². The average molecular weight is 199 g/mol. The van der Waals surface area contributed by atoms with Gasteiger partial charge in [0.05, 0.1) is 0 Å². The molecule has 0 aromatic heterocycles. The van der Waals surface area contributed by atoms with Crippen molar-refractivity contribution in [3.05, 3.63) is 47.9 Å². The minimum absolute atomic E-state index is 0.350. The number of aryl methyl sites for hydroxylation is 1. The minimum atomic E-state index is -4.77. The number of hydrogen-bond acceptors (Lipinski definition) is 0. The first-order valence-electron chi connectivity index (χ1n) is 4.49. The lowest BCUT2D eigenvalue weighted by Gasteiger charge is -2.05. The van der Waals surface area contributed by atoms with Crippen LogP contribution >= 0.6 is 0 Å². The van der Waals surface area contributed by atoms with Crippen molar-refractivity contribution in [1.29, 1.82) is 0 Å². The first-order valence-corrected chi connectivity index (χ1v) is 4.49. The molecule has 0 aliphatic rings. The van der Waals surface area contributed by atoms with Crippen molar-refractivity contribution in [2.24, 2.45) is 0 Å². The van der Waals surface area contributed by atoms with Crippen LogP contribution in [0.3, 0.4) is 0 Å². The summed E-state index contributed by atoms with van der Waals surface area (Å²) in [5, 5.41) is 0. The van der Waals surface area contributed by atoms with Crippen molar-refractivity contribution in [3.8, 4) is 0 Å². The van der Waals surface area contributed by atoms with Crippen LogP contribution in [0.5, 0.6) is 0 Å². The molecule has 0 saturated carbocycles. The van der Waals surface area contributed by atoms with E-state index < -0.39 is 6.98 Å². The van der Waals surface area contributed by atoms with Crippen molar-refractivity contribution in [2.45, 2.75) is 12.8 Å². The third kappa shape index (κ3) is 4.75. The molecule has 1 aromatic carbocycles. The van der Waals surface area contributed by atoms with E-state index in [1.807, 2.05) is 30.3 Å². The Morgan fingerprint density at radius 2 is 1.71 bits per heavy atom. The van der Waals surface area contributed by atoms with Crippen molar-refractivity contribution < 1.29 is 12.9 Å². The van der Waals surface area contributed by atoms with E-state index in [0.717, 1.165) is 5.56 Å². The minimum Gasteiger partial charge on any atom is -0.445 e. The molecule has 0 heterocycles. The number of hydrogen-bond donors (Lipinski definition) is 0. The van der Waals surface area contributed by atoms with E-state index in [9.17, 15) is 12.9 Å². The monoisotopic (exact) mass is 199 g/mol. The molecule has 0 radical (unpaired) electrons. The second-order valence-corrected chi connectivity index (χ2v) is 3.08. The van der Waals surface area contributed by atoms with Gasteiger partial charge in [-0.15, -0.1) is 12.1 Å². The Balaban J connectivity index is 2.33. The number of allylic oxidation sites excluding steroid dienone is 1. The fourth-order valence-corrected chi connectivity index (χ4v) is 1.15. The van der Waals surface area contributed by atoms with Gasteiger partial charge < -0.3 is 12.9 Å². The Hall–Kier alpha value is -1.19. The van der Waals surface area contributed by atoms with Gasteiger partial charge in [0.2, 0.25) is 0 Å². The lowest BCUT2D eigenvalue weighted by molar-refractivity contribution is 0.498. The molecule has 0 amide bonds. The fraction of sp³-hybridized carbons (Fsp3) is 0.200. The molecule has 0 aliphatic heterocycles. The first kappa shape index (κ1) is 10.9. The van der Waals surface area contributed by atoms with E-state index in [0.29, 0.717) is 18.8 Å². The van der Waals surface area contributed by atoms with Gasteiger partial charge in [-0.05, 0) is 18.4 Å². The summed E-state index contributed by atoms with van der Waals surface area (Å²) in [5.41, 5.74) is 1.06. The summed E-state index contributed by atoms with van der Waals surface area (Å²) < 4.78 is 35.3. The highest BCUT2D eigenvalue weighted by Gasteiger charge is 2.16. The molecule has 0 aliphatic carbocycles. The SMILES string of the molecule is F[B-](F)(F)/C=C/CCc1ccccc1. The molecule has 1 aromatic rings. The van der Waals surface area contributed by atoms with Crippen molar-refractivity contribution in [1.82, 2.24) is 0 Å². The smallest absolute Gasteiger partial charge is 0.445 e. The van der Waals surface area contributed by atoms with Crippen LogP contribution in [0.15, 0.2) is 42.4 Å². The van der Waals surface area contributed by atoms with Crippen molar-refractivity contribution in [2.75, 3.05) is 0 Å². The highest BCUT2D eigenvalue weighted by Crippen LogP contribution is 2.10. The molecule has 0 N–H and O–H groups in total. The van der Waals surface area contributed by atoms with Crippen LogP contribution in [0.2, 0.25) is 0 Å². The fourth-order valence-electron chi connectivity index (χ4n) is 1.15. The van der Waals surface area contributed by atoms with Gasteiger partial charge in [-0.25, -0.2) is 0 Å². The Bertz CT molecular complexity index is 290. The van der Waals surface area contributed by atoms with Gasteiger partial charge in [0, 0.05) is 0 Å². The van der Waals surface area contributed by atoms with Crippen LogP contribution in [-0.2, 0) is 6.42 Å². The summed E-state index contributed by atoms with van der Waals surface area (Å²) in [5.74, 6) is 0.350. The summed E-state index contributed by atoms with van der Waals surface area (Å²) in [6.45, 7) is -4.77. The Morgan fingerprint density at radius 1 is 1.07 bits per heavy atom. The Labute approximate surface area is 81.5 Å². The molecule has 0 atom stereocenters. The molecule has 0 unspecified atom stereocenters. The zero-order valence-electron chi connectivity index (χ0n) is 7.67. The molecule has 76 valence electrons. The second-order valence-electron chi connectivity index (χ2n) is 3.08. The van der Waals surface area contributed by atoms with E-state index >= 15 is 0 Å². The predicted molar refractivity (Wildman–Crippen MR) is 53.0 cm³/mol. The maximum atomic E-state index is 11.8. The van der Waals surface area contributed by atoms with Crippen LogP contribution < -0.4 is 0 Å². The lowest BCUT2D eigenvalue weighted by atomic mass is 9.91. The highest BCUT2D eigenvalue weighted by molar-refractivity contribution is 6.64. The van der Waals surface area contributed by atoms with E-state index in [1.54, 1.807) is 0 Å². The van der Waals surface area contributed by atoms with Gasteiger partial charge in [0.15, 0.2) is 0 Å². The zero-order chi connectivity index (χ0) is 10.4. The quantitative estimate of drug-likeness (QED) is 0.650. The third-order valence-corrected chi connectivity index (χ3v) is 1.80. The Morgan fingerprint density at radius 3 is 2.29 bits per heavy atom. The van der Waals surface area contributed by atoms with Gasteiger partial charge >= 0.3 is 6.98 Å². The van der Waals surface area contributed by atoms with Crippen LogP contribution in [0.25, 0.3) is 0 Å². The number of rotatable bonds is 4. The van der Waals surface area contributed by atoms with Crippen molar-refractivity contribution in [3.63, 3.8) is 0 Å². The molecule has 0 fully saturated rings. The van der Waals surface area contributed by atoms with Gasteiger partial charge in [-0.2, -0.15) is 0 Å². The molecular weight excluding hydrogens is 188 g/mol. The standard InChI is InChI=1S/C10H11BF3/c12-11(13,14)9-5-4-8-10-6-2-1-3-7-10/h1-3,5-7,9H,4,8H2/q-1/b9-5+. The molecule has 0 spiro atoms. The van der Waals surface area contributed by atoms with Crippen LogP contribution in [-0.4, -0.2) is 6.98 Å². The molecule has 0 saturated heterocycles. The molecule has 0 nitrogen and oxygen atoms in total. The molecular formula is C10H11BF3-.